The Morgan fingerprint density at radius 1 is 1.39 bits per heavy atom. The fourth-order valence-electron chi connectivity index (χ4n) is 1.17. The van der Waals surface area contributed by atoms with Gasteiger partial charge in [-0.2, -0.15) is 0 Å². The van der Waals surface area contributed by atoms with Gasteiger partial charge in [-0.25, -0.2) is 4.79 Å². The summed E-state index contributed by atoms with van der Waals surface area (Å²) in [6.45, 7) is 3.37. The Kier molecular flexibility index (Phi) is 5.37. The smallest absolute Gasteiger partial charge is 0.319 e. The van der Waals surface area contributed by atoms with E-state index in [2.05, 4.69) is 26.6 Å². The summed E-state index contributed by atoms with van der Waals surface area (Å²) in [5.41, 5.74) is 0.357. The van der Waals surface area contributed by atoms with Crippen LogP contribution in [0.4, 0.5) is 4.79 Å². The third-order valence-electron chi connectivity index (χ3n) is 2.21. The quantitative estimate of drug-likeness (QED) is 0.800. The predicted octanol–water partition coefficient (Wildman–Crippen LogP) is 2.49. The number of halogens is 1. The zero-order valence-corrected chi connectivity index (χ0v) is 12.0. The van der Waals surface area contributed by atoms with Crippen LogP contribution in [0.25, 0.3) is 6.08 Å². The van der Waals surface area contributed by atoms with E-state index in [0.717, 1.165) is 10.0 Å². The Balaban J connectivity index is 2.45. The Morgan fingerprint density at radius 3 is 2.56 bits per heavy atom. The molecule has 1 aromatic rings. The molecule has 0 bridgehead atoms. The first kappa shape index (κ1) is 14.7. The van der Waals surface area contributed by atoms with Crippen LogP contribution >= 0.6 is 15.9 Å². The van der Waals surface area contributed by atoms with Crippen LogP contribution in [-0.2, 0) is 0 Å². The molecular weight excluding hydrogens is 296 g/mol. The number of aliphatic hydroxyl groups excluding tert-OH is 1. The maximum Gasteiger partial charge on any atom is 0.319 e. The van der Waals surface area contributed by atoms with E-state index in [-0.39, 0.29) is 12.6 Å². The largest absolute Gasteiger partial charge is 0.394 e. The molecule has 0 aliphatic carbocycles. The average molecular weight is 313 g/mol. The van der Waals surface area contributed by atoms with Gasteiger partial charge >= 0.3 is 6.03 Å². The van der Waals surface area contributed by atoms with E-state index in [1.54, 1.807) is 26.1 Å². The lowest BCUT2D eigenvalue weighted by atomic mass is 10.1. The molecule has 18 heavy (non-hydrogen) atoms. The molecule has 0 radical (unpaired) electrons. The maximum absolute atomic E-state index is 11.5. The van der Waals surface area contributed by atoms with Gasteiger partial charge in [0.2, 0.25) is 0 Å². The maximum atomic E-state index is 11.5. The Morgan fingerprint density at radius 2 is 2.00 bits per heavy atom. The van der Waals surface area contributed by atoms with Crippen LogP contribution in [-0.4, -0.2) is 23.3 Å². The SMILES string of the molecule is CC(C)(CO)NC(=O)N/C=C/c1ccc(Br)cc1. The minimum absolute atomic E-state index is 0.114. The molecule has 0 unspecified atom stereocenters. The summed E-state index contributed by atoms with van der Waals surface area (Å²) in [4.78, 5) is 11.5. The van der Waals surface area contributed by atoms with Crippen LogP contribution < -0.4 is 10.6 Å². The first-order valence-corrected chi connectivity index (χ1v) is 6.34. The van der Waals surface area contributed by atoms with Crippen molar-refractivity contribution in [3.8, 4) is 0 Å². The number of carbonyl (C=O) groups excluding carboxylic acids is 1. The molecule has 1 aromatic carbocycles. The number of carbonyl (C=O) groups is 1. The van der Waals surface area contributed by atoms with Crippen LogP contribution in [0.2, 0.25) is 0 Å². The molecule has 0 aliphatic rings. The molecule has 0 heterocycles. The number of amides is 2. The number of benzene rings is 1. The number of rotatable bonds is 4. The number of hydrogen-bond donors (Lipinski definition) is 3. The summed E-state index contributed by atoms with van der Waals surface area (Å²) in [7, 11) is 0. The minimum atomic E-state index is -0.629. The topological polar surface area (TPSA) is 61.4 Å². The van der Waals surface area contributed by atoms with Gasteiger partial charge in [0.1, 0.15) is 0 Å². The second-order valence-electron chi connectivity index (χ2n) is 4.53. The Bertz CT molecular complexity index is 427. The first-order chi connectivity index (χ1) is 8.43. The summed E-state index contributed by atoms with van der Waals surface area (Å²) < 4.78 is 1.01. The molecule has 98 valence electrons. The van der Waals surface area contributed by atoms with Crippen molar-refractivity contribution in [2.24, 2.45) is 0 Å². The summed E-state index contributed by atoms with van der Waals surface area (Å²) >= 11 is 3.35. The van der Waals surface area contributed by atoms with Crippen LogP contribution in [0, 0.1) is 0 Å². The number of hydrogen-bond acceptors (Lipinski definition) is 2. The molecule has 0 aromatic heterocycles. The van der Waals surface area contributed by atoms with Crippen LogP contribution in [0.5, 0.6) is 0 Å². The number of urea groups is 1. The average Bonchev–Trinajstić information content (AvgIpc) is 2.31. The molecule has 0 saturated heterocycles. The van der Waals surface area contributed by atoms with E-state index < -0.39 is 5.54 Å². The fraction of sp³-hybridized carbons (Fsp3) is 0.308. The normalized spacial score (nSPS) is 11.6. The van der Waals surface area contributed by atoms with Crippen molar-refractivity contribution in [1.29, 1.82) is 0 Å². The van der Waals surface area contributed by atoms with Crippen molar-refractivity contribution in [2.45, 2.75) is 19.4 Å². The minimum Gasteiger partial charge on any atom is -0.394 e. The van der Waals surface area contributed by atoms with Crippen LogP contribution in [0.15, 0.2) is 34.9 Å². The highest BCUT2D eigenvalue weighted by atomic mass is 79.9. The van der Waals surface area contributed by atoms with Crippen molar-refractivity contribution in [3.05, 3.63) is 40.5 Å². The summed E-state index contributed by atoms with van der Waals surface area (Å²) in [6.07, 6.45) is 3.35. The van der Waals surface area contributed by atoms with Gasteiger partial charge in [-0.15, -0.1) is 0 Å². The molecule has 3 N–H and O–H groups in total. The van der Waals surface area contributed by atoms with Crippen LogP contribution in [0.1, 0.15) is 19.4 Å². The van der Waals surface area contributed by atoms with Crippen molar-refractivity contribution in [1.82, 2.24) is 10.6 Å². The van der Waals surface area contributed by atoms with Gasteiger partial charge in [0.05, 0.1) is 12.1 Å². The first-order valence-electron chi connectivity index (χ1n) is 5.54. The molecule has 0 spiro atoms. The zero-order chi connectivity index (χ0) is 13.6. The van der Waals surface area contributed by atoms with E-state index in [1.165, 1.54) is 0 Å². The molecule has 1 rings (SSSR count). The number of nitrogens with one attached hydrogen (secondary N) is 2. The molecule has 0 fully saturated rings. The monoisotopic (exact) mass is 312 g/mol. The van der Waals surface area contributed by atoms with Crippen molar-refractivity contribution < 1.29 is 9.90 Å². The highest BCUT2D eigenvalue weighted by Gasteiger charge is 2.17. The highest BCUT2D eigenvalue weighted by molar-refractivity contribution is 9.10. The lowest BCUT2D eigenvalue weighted by Crippen LogP contribution is -2.49. The van der Waals surface area contributed by atoms with Gasteiger partial charge < -0.3 is 15.7 Å². The molecule has 5 heteroatoms. The van der Waals surface area contributed by atoms with E-state index in [9.17, 15) is 4.79 Å². The second-order valence-corrected chi connectivity index (χ2v) is 5.44. The standard InChI is InChI=1S/C13H17BrN2O2/c1-13(2,9-17)16-12(18)15-8-7-10-3-5-11(14)6-4-10/h3-8,17H,9H2,1-2H3,(H2,15,16,18)/b8-7+. The van der Waals surface area contributed by atoms with E-state index in [0.29, 0.717) is 0 Å². The third-order valence-corrected chi connectivity index (χ3v) is 2.74. The molecular formula is C13H17BrN2O2. The molecule has 0 atom stereocenters. The summed E-state index contributed by atoms with van der Waals surface area (Å²) in [6, 6.07) is 7.36. The van der Waals surface area contributed by atoms with Crippen molar-refractivity contribution >= 4 is 28.0 Å². The summed E-state index contributed by atoms with van der Waals surface area (Å²) in [5.74, 6) is 0. The van der Waals surface area contributed by atoms with Gasteiger partial charge in [0.15, 0.2) is 0 Å². The Hall–Kier alpha value is -1.33. The molecule has 4 nitrogen and oxygen atoms in total. The lowest BCUT2D eigenvalue weighted by molar-refractivity contribution is 0.183. The van der Waals surface area contributed by atoms with Gasteiger partial charge in [0, 0.05) is 10.7 Å². The third kappa shape index (κ3) is 5.33. The highest BCUT2D eigenvalue weighted by Crippen LogP contribution is 2.11. The van der Waals surface area contributed by atoms with E-state index >= 15 is 0 Å². The van der Waals surface area contributed by atoms with Crippen molar-refractivity contribution in [2.75, 3.05) is 6.61 Å². The van der Waals surface area contributed by atoms with Gasteiger partial charge in [-0.1, -0.05) is 28.1 Å². The second kappa shape index (κ2) is 6.56. The zero-order valence-electron chi connectivity index (χ0n) is 10.4. The molecule has 2 amide bonds. The summed E-state index contributed by atoms with van der Waals surface area (Å²) in [5, 5.41) is 14.2. The van der Waals surface area contributed by atoms with Crippen molar-refractivity contribution in [3.63, 3.8) is 0 Å². The molecule has 0 saturated carbocycles. The number of aliphatic hydroxyl groups is 1. The van der Waals surface area contributed by atoms with Gasteiger partial charge in [-0.05, 0) is 37.6 Å². The molecule has 0 aliphatic heterocycles. The van der Waals surface area contributed by atoms with Crippen LogP contribution in [0.3, 0.4) is 0 Å². The fourth-order valence-corrected chi connectivity index (χ4v) is 1.43. The van der Waals surface area contributed by atoms with Gasteiger partial charge in [-0.3, -0.25) is 0 Å². The van der Waals surface area contributed by atoms with E-state index in [1.807, 2.05) is 24.3 Å². The van der Waals surface area contributed by atoms with E-state index in [4.69, 9.17) is 5.11 Å². The predicted molar refractivity (Wildman–Crippen MR) is 76.0 cm³/mol. The van der Waals surface area contributed by atoms with Gasteiger partial charge in [0.25, 0.3) is 0 Å². The Labute approximate surface area is 115 Å². The lowest BCUT2D eigenvalue weighted by Gasteiger charge is -2.22.